The summed E-state index contributed by atoms with van der Waals surface area (Å²) >= 11 is 0. The second kappa shape index (κ2) is 4.96. The number of aryl methyl sites for hydroxylation is 1. The summed E-state index contributed by atoms with van der Waals surface area (Å²) in [5.41, 5.74) is 12.5. The molecule has 1 aromatic rings. The Morgan fingerprint density at radius 3 is 2.47 bits per heavy atom. The van der Waals surface area contributed by atoms with Crippen molar-refractivity contribution in [2.45, 2.75) is 52.1 Å². The van der Waals surface area contributed by atoms with Gasteiger partial charge in [-0.1, -0.05) is 12.5 Å². The zero-order valence-corrected chi connectivity index (χ0v) is 11.0. The molecule has 2 rings (SSSR count). The smallest absolute Gasteiger partial charge is 0.0510 e. The molecule has 17 heavy (non-hydrogen) atoms. The molecule has 0 bridgehead atoms. The third kappa shape index (κ3) is 2.72. The quantitative estimate of drug-likeness (QED) is 0.771. The summed E-state index contributed by atoms with van der Waals surface area (Å²) in [6.07, 6.45) is 3.86. The second-order valence-corrected chi connectivity index (χ2v) is 5.22. The molecule has 3 nitrogen and oxygen atoms in total. The fourth-order valence-electron chi connectivity index (χ4n) is 2.50. The zero-order valence-electron chi connectivity index (χ0n) is 11.0. The van der Waals surface area contributed by atoms with Gasteiger partial charge in [-0.25, -0.2) is 5.01 Å². The van der Waals surface area contributed by atoms with Crippen LogP contribution in [-0.4, -0.2) is 17.1 Å². The number of nitrogens with zero attached hydrogens (tertiary/aromatic N) is 1. The Morgan fingerprint density at radius 2 is 1.88 bits per heavy atom. The highest BCUT2D eigenvalue weighted by molar-refractivity contribution is 5.58. The number of anilines is 2. The number of nitrogens with one attached hydrogen (secondary N) is 1. The minimum Gasteiger partial charge on any atom is -0.398 e. The number of benzene rings is 1. The summed E-state index contributed by atoms with van der Waals surface area (Å²) in [4.78, 5) is 0. The summed E-state index contributed by atoms with van der Waals surface area (Å²) in [6, 6.07) is 7.35. The van der Waals surface area contributed by atoms with Crippen molar-refractivity contribution in [3.63, 3.8) is 0 Å². The molecule has 0 saturated carbocycles. The SMILES string of the molecule is Cc1ccc(NN2C(C)CCCC2C)cc1N. The average Bonchev–Trinajstić information content (AvgIpc) is 2.28. The maximum Gasteiger partial charge on any atom is 0.0510 e. The average molecular weight is 233 g/mol. The van der Waals surface area contributed by atoms with Crippen molar-refractivity contribution in [3.05, 3.63) is 23.8 Å². The highest BCUT2D eigenvalue weighted by Crippen LogP contribution is 2.24. The first kappa shape index (κ1) is 12.2. The first-order chi connectivity index (χ1) is 8.08. The van der Waals surface area contributed by atoms with Crippen LogP contribution < -0.4 is 11.2 Å². The molecule has 0 radical (unpaired) electrons. The summed E-state index contributed by atoms with van der Waals surface area (Å²) in [7, 11) is 0. The van der Waals surface area contributed by atoms with Gasteiger partial charge in [-0.15, -0.1) is 0 Å². The standard InChI is InChI=1S/C14H23N3/c1-10-7-8-13(9-14(10)15)16-17-11(2)5-4-6-12(17)3/h7-9,11-12,16H,4-6,15H2,1-3H3. The first-order valence-electron chi connectivity index (χ1n) is 6.49. The van der Waals surface area contributed by atoms with Crippen LogP contribution >= 0.6 is 0 Å². The lowest BCUT2D eigenvalue weighted by Crippen LogP contribution is -2.47. The fraction of sp³-hybridized carbons (Fsp3) is 0.571. The van der Waals surface area contributed by atoms with E-state index < -0.39 is 0 Å². The number of nitrogens with two attached hydrogens (primary N) is 1. The Labute approximate surface area is 104 Å². The van der Waals surface area contributed by atoms with Gasteiger partial charge in [-0.3, -0.25) is 0 Å². The normalized spacial score (nSPS) is 25.8. The lowest BCUT2D eigenvalue weighted by molar-refractivity contribution is 0.136. The number of hydrazine groups is 1. The molecular formula is C14H23N3. The van der Waals surface area contributed by atoms with Gasteiger partial charge in [0, 0.05) is 17.8 Å². The van der Waals surface area contributed by atoms with Crippen molar-refractivity contribution in [1.29, 1.82) is 0 Å². The number of hydrogen-bond acceptors (Lipinski definition) is 3. The minimum atomic E-state index is 0.585. The van der Waals surface area contributed by atoms with Crippen LogP contribution in [0.25, 0.3) is 0 Å². The van der Waals surface area contributed by atoms with Crippen LogP contribution in [0.5, 0.6) is 0 Å². The largest absolute Gasteiger partial charge is 0.398 e. The molecule has 2 atom stereocenters. The molecule has 3 N–H and O–H groups in total. The summed E-state index contributed by atoms with van der Waals surface area (Å²) in [6.45, 7) is 6.59. The van der Waals surface area contributed by atoms with Gasteiger partial charge in [-0.2, -0.15) is 0 Å². The summed E-state index contributed by atoms with van der Waals surface area (Å²) in [5, 5.41) is 2.35. The van der Waals surface area contributed by atoms with Gasteiger partial charge in [0.25, 0.3) is 0 Å². The zero-order chi connectivity index (χ0) is 12.4. The lowest BCUT2D eigenvalue weighted by Gasteiger charge is -2.39. The van der Waals surface area contributed by atoms with Gasteiger partial charge in [0.1, 0.15) is 0 Å². The molecule has 1 aliphatic rings. The molecule has 0 aromatic heterocycles. The van der Waals surface area contributed by atoms with E-state index in [-0.39, 0.29) is 0 Å². The van der Waals surface area contributed by atoms with Crippen molar-refractivity contribution >= 4 is 11.4 Å². The maximum absolute atomic E-state index is 5.94. The van der Waals surface area contributed by atoms with Gasteiger partial charge < -0.3 is 11.2 Å². The Morgan fingerprint density at radius 1 is 1.24 bits per heavy atom. The van der Waals surface area contributed by atoms with Crippen LogP contribution in [0.4, 0.5) is 11.4 Å². The third-order valence-electron chi connectivity index (χ3n) is 3.73. The summed E-state index contributed by atoms with van der Waals surface area (Å²) < 4.78 is 0. The van der Waals surface area contributed by atoms with Crippen molar-refractivity contribution in [1.82, 2.24) is 5.01 Å². The van der Waals surface area contributed by atoms with Crippen LogP contribution in [0.1, 0.15) is 38.7 Å². The van der Waals surface area contributed by atoms with Gasteiger partial charge in [0.05, 0.1) is 5.69 Å². The molecule has 1 aromatic carbocycles. The van der Waals surface area contributed by atoms with Crippen LogP contribution in [0, 0.1) is 6.92 Å². The van der Waals surface area contributed by atoms with Gasteiger partial charge in [-0.05, 0) is 51.3 Å². The monoisotopic (exact) mass is 233 g/mol. The molecule has 1 fully saturated rings. The Hall–Kier alpha value is -1.22. The van der Waals surface area contributed by atoms with Crippen molar-refractivity contribution in [2.24, 2.45) is 0 Å². The Bertz CT molecular complexity index is 379. The van der Waals surface area contributed by atoms with E-state index in [4.69, 9.17) is 5.73 Å². The van der Waals surface area contributed by atoms with Crippen molar-refractivity contribution in [2.75, 3.05) is 11.2 Å². The molecule has 2 unspecified atom stereocenters. The van der Waals surface area contributed by atoms with Gasteiger partial charge in [0.2, 0.25) is 0 Å². The highest BCUT2D eigenvalue weighted by Gasteiger charge is 2.24. The van der Waals surface area contributed by atoms with Gasteiger partial charge >= 0.3 is 0 Å². The van der Waals surface area contributed by atoms with Crippen molar-refractivity contribution in [3.8, 4) is 0 Å². The van der Waals surface area contributed by atoms with Crippen LogP contribution in [-0.2, 0) is 0 Å². The third-order valence-corrected chi connectivity index (χ3v) is 3.73. The molecular weight excluding hydrogens is 210 g/mol. The Balaban J connectivity index is 2.10. The molecule has 1 aliphatic heterocycles. The van der Waals surface area contributed by atoms with E-state index in [1.165, 1.54) is 19.3 Å². The highest BCUT2D eigenvalue weighted by atomic mass is 15.5. The molecule has 0 spiro atoms. The summed E-state index contributed by atoms with van der Waals surface area (Å²) in [5.74, 6) is 0. The number of piperidine rings is 1. The van der Waals surface area contributed by atoms with Crippen molar-refractivity contribution < 1.29 is 0 Å². The first-order valence-corrected chi connectivity index (χ1v) is 6.49. The predicted molar refractivity (Wildman–Crippen MR) is 73.8 cm³/mol. The van der Waals surface area contributed by atoms with Crippen LogP contribution in [0.3, 0.4) is 0 Å². The van der Waals surface area contributed by atoms with Crippen LogP contribution in [0.2, 0.25) is 0 Å². The van der Waals surface area contributed by atoms with E-state index in [0.717, 1.165) is 16.9 Å². The fourth-order valence-corrected chi connectivity index (χ4v) is 2.50. The molecule has 1 heterocycles. The topological polar surface area (TPSA) is 41.3 Å². The molecule has 3 heteroatoms. The van der Waals surface area contributed by atoms with E-state index in [9.17, 15) is 0 Å². The van der Waals surface area contributed by atoms with Crippen LogP contribution in [0.15, 0.2) is 18.2 Å². The van der Waals surface area contributed by atoms with E-state index in [2.05, 4.69) is 36.4 Å². The Kier molecular flexibility index (Phi) is 3.57. The molecule has 0 aliphatic carbocycles. The molecule has 0 amide bonds. The minimum absolute atomic E-state index is 0.585. The van der Waals surface area contributed by atoms with E-state index in [1.54, 1.807) is 0 Å². The number of nitrogen functional groups attached to an aromatic ring is 1. The lowest BCUT2D eigenvalue weighted by atomic mass is 10.00. The molecule has 1 saturated heterocycles. The van der Waals surface area contributed by atoms with Gasteiger partial charge in [0.15, 0.2) is 0 Å². The second-order valence-electron chi connectivity index (χ2n) is 5.22. The van der Waals surface area contributed by atoms with E-state index in [0.29, 0.717) is 12.1 Å². The predicted octanol–water partition coefficient (Wildman–Crippen LogP) is 3.17. The number of rotatable bonds is 2. The maximum atomic E-state index is 5.94. The van der Waals surface area contributed by atoms with E-state index in [1.807, 2.05) is 13.0 Å². The molecule has 94 valence electrons. The number of hydrogen-bond donors (Lipinski definition) is 2. The van der Waals surface area contributed by atoms with E-state index >= 15 is 0 Å².